The Kier molecular flexibility index (Phi) is 3.39. The fourth-order valence-electron chi connectivity index (χ4n) is 1.20. The summed E-state index contributed by atoms with van der Waals surface area (Å²) in [4.78, 5) is 3.74. The minimum Gasteiger partial charge on any atom is -0.396 e. The molecule has 1 rings (SSSR count). The molecule has 1 aromatic heterocycles. The van der Waals surface area contributed by atoms with Crippen LogP contribution in [0.4, 0.5) is 24.5 Å². The van der Waals surface area contributed by atoms with Crippen LogP contribution in [-0.4, -0.2) is 17.2 Å². The lowest BCUT2D eigenvalue weighted by Crippen LogP contribution is -2.24. The zero-order valence-corrected chi connectivity index (χ0v) is 8.17. The minimum absolute atomic E-state index is 0.339. The summed E-state index contributed by atoms with van der Waals surface area (Å²) in [5, 5.41) is 2.68. The van der Waals surface area contributed by atoms with Crippen molar-refractivity contribution in [1.29, 1.82) is 0 Å². The molecular formula is C9H12F3N3. The lowest BCUT2D eigenvalue weighted by atomic mass is 10.2. The minimum atomic E-state index is -4.17. The molecule has 0 aliphatic rings. The van der Waals surface area contributed by atoms with Crippen LogP contribution in [0.1, 0.15) is 13.3 Å². The highest BCUT2D eigenvalue weighted by Gasteiger charge is 2.29. The van der Waals surface area contributed by atoms with Crippen molar-refractivity contribution in [1.82, 2.24) is 4.98 Å². The number of nitrogen functional groups attached to an aromatic ring is 1. The molecule has 1 atom stereocenters. The summed E-state index contributed by atoms with van der Waals surface area (Å²) in [7, 11) is 0. The average Bonchev–Trinajstić information content (AvgIpc) is 2.05. The van der Waals surface area contributed by atoms with E-state index >= 15 is 0 Å². The second-order valence-electron chi connectivity index (χ2n) is 3.33. The summed E-state index contributed by atoms with van der Waals surface area (Å²) in [6, 6.07) is 0.831. The third-order valence-electron chi connectivity index (χ3n) is 1.79. The molecular weight excluding hydrogens is 207 g/mol. The fourth-order valence-corrected chi connectivity index (χ4v) is 1.20. The highest BCUT2D eigenvalue weighted by molar-refractivity contribution is 5.64. The van der Waals surface area contributed by atoms with Gasteiger partial charge in [0.15, 0.2) is 0 Å². The molecule has 0 saturated heterocycles. The van der Waals surface area contributed by atoms with Gasteiger partial charge in [-0.1, -0.05) is 0 Å². The van der Waals surface area contributed by atoms with Gasteiger partial charge in [0.1, 0.15) is 0 Å². The van der Waals surface area contributed by atoms with Gasteiger partial charge in [-0.15, -0.1) is 0 Å². The molecule has 0 radical (unpaired) electrons. The van der Waals surface area contributed by atoms with Gasteiger partial charge in [0.2, 0.25) is 0 Å². The van der Waals surface area contributed by atoms with E-state index in [1.807, 2.05) is 0 Å². The fraction of sp³-hybridized carbons (Fsp3) is 0.444. The summed E-state index contributed by atoms with van der Waals surface area (Å²) >= 11 is 0. The van der Waals surface area contributed by atoms with Gasteiger partial charge >= 0.3 is 6.18 Å². The molecule has 6 heteroatoms. The number of nitrogens with two attached hydrogens (primary N) is 1. The Balaban J connectivity index is 2.59. The molecule has 0 bridgehead atoms. The standard InChI is InChI=1S/C9H12F3N3/c1-6(4-9(10,11)12)15-8-2-3-14-5-7(8)13/h2-3,5-6H,4,13H2,1H3,(H,14,15). The van der Waals surface area contributed by atoms with Crippen molar-refractivity contribution >= 4 is 11.4 Å². The number of hydrogen-bond acceptors (Lipinski definition) is 3. The number of rotatable bonds is 3. The van der Waals surface area contributed by atoms with Gasteiger partial charge in [0.25, 0.3) is 0 Å². The maximum absolute atomic E-state index is 12.0. The maximum Gasteiger partial charge on any atom is 0.391 e. The van der Waals surface area contributed by atoms with E-state index in [2.05, 4.69) is 10.3 Å². The Morgan fingerprint density at radius 3 is 2.73 bits per heavy atom. The summed E-state index contributed by atoms with van der Waals surface area (Å²) in [6.07, 6.45) is -2.20. The monoisotopic (exact) mass is 219 g/mol. The lowest BCUT2D eigenvalue weighted by molar-refractivity contribution is -0.136. The third-order valence-corrected chi connectivity index (χ3v) is 1.79. The van der Waals surface area contributed by atoms with Crippen molar-refractivity contribution in [3.63, 3.8) is 0 Å². The predicted molar refractivity (Wildman–Crippen MR) is 52.4 cm³/mol. The van der Waals surface area contributed by atoms with Gasteiger partial charge in [-0.05, 0) is 13.0 Å². The largest absolute Gasteiger partial charge is 0.396 e. The first-order valence-electron chi connectivity index (χ1n) is 4.41. The van der Waals surface area contributed by atoms with Gasteiger partial charge in [-0.25, -0.2) is 0 Å². The van der Waals surface area contributed by atoms with E-state index in [0.717, 1.165) is 0 Å². The number of anilines is 2. The molecule has 0 aliphatic carbocycles. The molecule has 0 fully saturated rings. The molecule has 3 N–H and O–H groups in total. The Hall–Kier alpha value is -1.46. The molecule has 0 spiro atoms. The van der Waals surface area contributed by atoms with Crippen molar-refractivity contribution in [3.05, 3.63) is 18.5 Å². The van der Waals surface area contributed by atoms with Crippen LogP contribution in [0.2, 0.25) is 0 Å². The van der Waals surface area contributed by atoms with E-state index in [0.29, 0.717) is 11.4 Å². The number of pyridine rings is 1. The summed E-state index contributed by atoms with van der Waals surface area (Å²) in [6.45, 7) is 1.45. The molecule has 1 unspecified atom stereocenters. The number of halogens is 3. The van der Waals surface area contributed by atoms with Crippen LogP contribution in [0, 0.1) is 0 Å². The van der Waals surface area contributed by atoms with Crippen LogP contribution in [0.3, 0.4) is 0 Å². The summed E-state index contributed by atoms with van der Waals surface area (Å²) in [5.41, 5.74) is 6.34. The van der Waals surface area contributed by atoms with E-state index in [-0.39, 0.29) is 0 Å². The van der Waals surface area contributed by atoms with Gasteiger partial charge in [0.05, 0.1) is 24.0 Å². The highest BCUT2D eigenvalue weighted by Crippen LogP contribution is 2.24. The van der Waals surface area contributed by atoms with Gasteiger partial charge in [-0.3, -0.25) is 4.98 Å². The highest BCUT2D eigenvalue weighted by atomic mass is 19.4. The maximum atomic E-state index is 12.0. The van der Waals surface area contributed by atoms with E-state index in [1.165, 1.54) is 19.3 Å². The summed E-state index contributed by atoms with van der Waals surface area (Å²) in [5.74, 6) is 0. The number of aromatic nitrogens is 1. The van der Waals surface area contributed by atoms with Gasteiger partial charge < -0.3 is 11.1 Å². The lowest BCUT2D eigenvalue weighted by Gasteiger charge is -2.17. The first-order chi connectivity index (χ1) is 6.88. The molecule has 84 valence electrons. The number of hydrogen-bond donors (Lipinski definition) is 2. The normalized spacial score (nSPS) is 13.6. The predicted octanol–water partition coefficient (Wildman–Crippen LogP) is 2.42. The van der Waals surface area contributed by atoms with Crippen LogP contribution < -0.4 is 11.1 Å². The molecule has 1 heterocycles. The van der Waals surface area contributed by atoms with Crippen LogP contribution in [-0.2, 0) is 0 Å². The molecule has 0 aliphatic heterocycles. The first-order valence-corrected chi connectivity index (χ1v) is 4.41. The Morgan fingerprint density at radius 1 is 1.53 bits per heavy atom. The second kappa shape index (κ2) is 4.37. The molecule has 0 aromatic carbocycles. The van der Waals surface area contributed by atoms with Gasteiger partial charge in [0, 0.05) is 12.2 Å². The Morgan fingerprint density at radius 2 is 2.20 bits per heavy atom. The number of nitrogens with zero attached hydrogens (tertiary/aromatic N) is 1. The van der Waals surface area contributed by atoms with E-state index < -0.39 is 18.6 Å². The Bertz CT molecular complexity index is 325. The SMILES string of the molecule is CC(CC(F)(F)F)Nc1ccncc1N. The number of nitrogens with one attached hydrogen (secondary N) is 1. The van der Waals surface area contributed by atoms with Crippen LogP contribution in [0.5, 0.6) is 0 Å². The van der Waals surface area contributed by atoms with E-state index in [1.54, 1.807) is 6.07 Å². The quantitative estimate of drug-likeness (QED) is 0.820. The first kappa shape index (κ1) is 11.6. The molecule has 3 nitrogen and oxygen atoms in total. The zero-order chi connectivity index (χ0) is 11.5. The van der Waals surface area contributed by atoms with Crippen LogP contribution in [0.25, 0.3) is 0 Å². The zero-order valence-electron chi connectivity index (χ0n) is 8.17. The summed E-state index contributed by atoms with van der Waals surface area (Å²) < 4.78 is 36.1. The van der Waals surface area contributed by atoms with Crippen molar-refractivity contribution in [2.75, 3.05) is 11.1 Å². The third kappa shape index (κ3) is 4.05. The van der Waals surface area contributed by atoms with E-state index in [4.69, 9.17) is 5.73 Å². The van der Waals surface area contributed by atoms with Crippen molar-refractivity contribution in [3.8, 4) is 0 Å². The van der Waals surface area contributed by atoms with Crippen molar-refractivity contribution in [2.45, 2.75) is 25.6 Å². The van der Waals surface area contributed by atoms with Gasteiger partial charge in [-0.2, -0.15) is 13.2 Å². The topological polar surface area (TPSA) is 50.9 Å². The molecule has 0 amide bonds. The second-order valence-corrected chi connectivity index (χ2v) is 3.33. The van der Waals surface area contributed by atoms with Crippen LogP contribution >= 0.6 is 0 Å². The van der Waals surface area contributed by atoms with Crippen LogP contribution in [0.15, 0.2) is 18.5 Å². The molecule has 0 saturated carbocycles. The van der Waals surface area contributed by atoms with E-state index in [9.17, 15) is 13.2 Å². The Labute approximate surface area is 85.5 Å². The van der Waals surface area contributed by atoms with Crippen molar-refractivity contribution < 1.29 is 13.2 Å². The molecule has 15 heavy (non-hydrogen) atoms. The smallest absolute Gasteiger partial charge is 0.391 e. The number of alkyl halides is 3. The van der Waals surface area contributed by atoms with Crippen molar-refractivity contribution in [2.24, 2.45) is 0 Å². The molecule has 1 aromatic rings. The average molecular weight is 219 g/mol.